The van der Waals surface area contributed by atoms with Crippen LogP contribution >= 0.6 is 27.5 Å². The lowest BCUT2D eigenvalue weighted by atomic mass is 10.2. The smallest absolute Gasteiger partial charge is 0.135 e. The quantitative estimate of drug-likeness (QED) is 0.919. The van der Waals surface area contributed by atoms with Gasteiger partial charge in [-0.05, 0) is 37.3 Å². The van der Waals surface area contributed by atoms with Crippen LogP contribution in [0, 0.1) is 0 Å². The van der Waals surface area contributed by atoms with Gasteiger partial charge in [-0.2, -0.15) is 0 Å². The molecule has 0 spiro atoms. The maximum absolute atomic E-state index is 5.98. The molecular formula is C13H13BrClNO. The first-order valence-electron chi connectivity index (χ1n) is 5.36. The van der Waals surface area contributed by atoms with Crippen LogP contribution in [0.4, 0.5) is 0 Å². The summed E-state index contributed by atoms with van der Waals surface area (Å²) in [7, 11) is 0. The third-order valence-electron chi connectivity index (χ3n) is 2.38. The Hall–Kier alpha value is -0.770. The van der Waals surface area contributed by atoms with Crippen LogP contribution in [0.1, 0.15) is 12.7 Å². The fraction of sp³-hybridized carbons (Fsp3) is 0.231. The van der Waals surface area contributed by atoms with E-state index < -0.39 is 0 Å². The maximum Gasteiger partial charge on any atom is 0.135 e. The van der Waals surface area contributed by atoms with Crippen LogP contribution in [0.25, 0.3) is 11.3 Å². The zero-order valence-corrected chi connectivity index (χ0v) is 11.8. The summed E-state index contributed by atoms with van der Waals surface area (Å²) in [6.45, 7) is 1.96. The highest BCUT2D eigenvalue weighted by atomic mass is 79.9. The van der Waals surface area contributed by atoms with Gasteiger partial charge in [0.25, 0.3) is 0 Å². The Morgan fingerprint density at radius 2 is 2.12 bits per heavy atom. The van der Waals surface area contributed by atoms with Gasteiger partial charge in [0.1, 0.15) is 11.5 Å². The van der Waals surface area contributed by atoms with Gasteiger partial charge in [-0.1, -0.05) is 27.5 Å². The summed E-state index contributed by atoms with van der Waals surface area (Å²) < 4.78 is 6.71. The summed E-state index contributed by atoms with van der Waals surface area (Å²) in [5, 5.41) is 0.688. The van der Waals surface area contributed by atoms with Gasteiger partial charge in [0.05, 0.1) is 0 Å². The normalized spacial score (nSPS) is 12.7. The number of hydrogen-bond acceptors (Lipinski definition) is 2. The average Bonchev–Trinajstić information content (AvgIpc) is 2.69. The minimum Gasteiger partial charge on any atom is -0.461 e. The van der Waals surface area contributed by atoms with Crippen LogP contribution in [-0.4, -0.2) is 6.04 Å². The Morgan fingerprint density at radius 1 is 1.35 bits per heavy atom. The Morgan fingerprint density at radius 3 is 2.82 bits per heavy atom. The van der Waals surface area contributed by atoms with E-state index in [-0.39, 0.29) is 6.04 Å². The van der Waals surface area contributed by atoms with Gasteiger partial charge in [-0.15, -0.1) is 0 Å². The summed E-state index contributed by atoms with van der Waals surface area (Å²) in [5.74, 6) is 1.69. The molecule has 1 aromatic carbocycles. The van der Waals surface area contributed by atoms with Gasteiger partial charge in [-0.25, -0.2) is 0 Å². The molecule has 0 amide bonds. The van der Waals surface area contributed by atoms with Gasteiger partial charge >= 0.3 is 0 Å². The van der Waals surface area contributed by atoms with Crippen molar-refractivity contribution in [3.8, 4) is 11.3 Å². The van der Waals surface area contributed by atoms with Gasteiger partial charge in [0.15, 0.2) is 0 Å². The molecule has 17 heavy (non-hydrogen) atoms. The van der Waals surface area contributed by atoms with E-state index in [2.05, 4.69) is 15.9 Å². The Labute approximate surface area is 114 Å². The second kappa shape index (κ2) is 5.25. The van der Waals surface area contributed by atoms with Gasteiger partial charge in [0.2, 0.25) is 0 Å². The van der Waals surface area contributed by atoms with E-state index >= 15 is 0 Å². The molecule has 0 aliphatic heterocycles. The molecule has 0 saturated heterocycles. The molecule has 2 aromatic rings. The van der Waals surface area contributed by atoms with E-state index in [1.165, 1.54) is 0 Å². The Balaban J connectivity index is 2.33. The summed E-state index contributed by atoms with van der Waals surface area (Å²) >= 11 is 9.46. The molecular weight excluding hydrogens is 302 g/mol. The van der Waals surface area contributed by atoms with E-state index in [9.17, 15) is 0 Å². The molecule has 2 nitrogen and oxygen atoms in total. The predicted molar refractivity (Wildman–Crippen MR) is 74.2 cm³/mol. The maximum atomic E-state index is 5.98. The fourth-order valence-electron chi connectivity index (χ4n) is 1.64. The molecule has 0 aliphatic carbocycles. The number of benzene rings is 1. The SMILES string of the molecule is CC(N)Cc1ccc(-c2cc(Cl)ccc2Br)o1. The highest BCUT2D eigenvalue weighted by Gasteiger charge is 2.10. The molecule has 1 unspecified atom stereocenters. The molecule has 1 aromatic heterocycles. The van der Waals surface area contributed by atoms with Gasteiger partial charge in [0, 0.05) is 27.5 Å². The van der Waals surface area contributed by atoms with E-state index in [1.54, 1.807) is 0 Å². The third-order valence-corrected chi connectivity index (χ3v) is 3.31. The highest BCUT2D eigenvalue weighted by Crippen LogP contribution is 2.32. The van der Waals surface area contributed by atoms with Crippen LogP contribution in [0.5, 0.6) is 0 Å². The van der Waals surface area contributed by atoms with Crippen molar-refractivity contribution >= 4 is 27.5 Å². The largest absolute Gasteiger partial charge is 0.461 e. The third kappa shape index (κ3) is 3.12. The van der Waals surface area contributed by atoms with Crippen molar-refractivity contribution in [1.29, 1.82) is 0 Å². The molecule has 4 heteroatoms. The number of rotatable bonds is 3. The zero-order valence-electron chi connectivity index (χ0n) is 9.41. The zero-order chi connectivity index (χ0) is 12.4. The predicted octanol–water partition coefficient (Wildman–Crippen LogP) is 4.25. The first-order chi connectivity index (χ1) is 8.06. The first-order valence-corrected chi connectivity index (χ1v) is 6.53. The monoisotopic (exact) mass is 313 g/mol. The van der Waals surface area contributed by atoms with Crippen molar-refractivity contribution in [2.45, 2.75) is 19.4 Å². The van der Waals surface area contributed by atoms with Crippen LogP contribution in [0.15, 0.2) is 39.2 Å². The summed E-state index contributed by atoms with van der Waals surface area (Å²) in [5.41, 5.74) is 6.69. The summed E-state index contributed by atoms with van der Waals surface area (Å²) in [6, 6.07) is 9.60. The molecule has 90 valence electrons. The minimum atomic E-state index is 0.0943. The van der Waals surface area contributed by atoms with Crippen LogP contribution in [0.2, 0.25) is 5.02 Å². The molecule has 1 heterocycles. The topological polar surface area (TPSA) is 39.2 Å². The summed E-state index contributed by atoms with van der Waals surface area (Å²) in [4.78, 5) is 0. The van der Waals surface area contributed by atoms with Gasteiger partial charge < -0.3 is 10.2 Å². The molecule has 0 aliphatic rings. The molecule has 0 radical (unpaired) electrons. The molecule has 1 atom stereocenters. The molecule has 2 N–H and O–H groups in total. The number of halogens is 2. The number of hydrogen-bond donors (Lipinski definition) is 1. The van der Waals surface area contributed by atoms with Crippen molar-refractivity contribution in [3.05, 3.63) is 45.6 Å². The lowest BCUT2D eigenvalue weighted by molar-refractivity contribution is 0.503. The number of furan rings is 1. The van der Waals surface area contributed by atoms with E-state index in [0.717, 1.165) is 28.0 Å². The van der Waals surface area contributed by atoms with Crippen LogP contribution in [0.3, 0.4) is 0 Å². The molecule has 0 saturated carbocycles. The first kappa shape index (κ1) is 12.7. The lowest BCUT2D eigenvalue weighted by Gasteiger charge is -2.03. The van der Waals surface area contributed by atoms with Crippen molar-refractivity contribution in [2.75, 3.05) is 0 Å². The average molecular weight is 315 g/mol. The molecule has 0 bridgehead atoms. The van der Waals surface area contributed by atoms with Gasteiger partial charge in [-0.3, -0.25) is 0 Å². The highest BCUT2D eigenvalue weighted by molar-refractivity contribution is 9.10. The van der Waals surface area contributed by atoms with E-state index in [1.807, 2.05) is 37.3 Å². The Bertz CT molecular complexity index is 522. The Kier molecular flexibility index (Phi) is 3.92. The number of nitrogens with two attached hydrogens (primary N) is 1. The van der Waals surface area contributed by atoms with Crippen molar-refractivity contribution in [2.24, 2.45) is 5.73 Å². The lowest BCUT2D eigenvalue weighted by Crippen LogP contribution is -2.17. The summed E-state index contributed by atoms with van der Waals surface area (Å²) in [6.07, 6.45) is 0.734. The molecule has 2 rings (SSSR count). The van der Waals surface area contributed by atoms with Crippen molar-refractivity contribution in [1.82, 2.24) is 0 Å². The molecule has 0 fully saturated rings. The second-order valence-electron chi connectivity index (χ2n) is 4.07. The second-order valence-corrected chi connectivity index (χ2v) is 5.36. The van der Waals surface area contributed by atoms with E-state index in [4.69, 9.17) is 21.8 Å². The van der Waals surface area contributed by atoms with Crippen LogP contribution < -0.4 is 5.73 Å². The van der Waals surface area contributed by atoms with Crippen molar-refractivity contribution in [3.63, 3.8) is 0 Å². The van der Waals surface area contributed by atoms with Crippen molar-refractivity contribution < 1.29 is 4.42 Å². The fourth-order valence-corrected chi connectivity index (χ4v) is 2.25. The van der Waals surface area contributed by atoms with E-state index in [0.29, 0.717) is 5.02 Å². The minimum absolute atomic E-state index is 0.0943. The standard InChI is InChI=1S/C13H13BrClNO/c1-8(16)6-10-3-5-13(17-10)11-7-9(15)2-4-12(11)14/h2-5,7-8H,6,16H2,1H3. The van der Waals surface area contributed by atoms with Crippen LogP contribution in [-0.2, 0) is 6.42 Å².